The summed E-state index contributed by atoms with van der Waals surface area (Å²) in [6.07, 6.45) is 5.56. The summed E-state index contributed by atoms with van der Waals surface area (Å²) in [5.41, 5.74) is 4.83. The zero-order valence-electron chi connectivity index (χ0n) is 9.46. The van der Waals surface area contributed by atoms with E-state index in [0.717, 1.165) is 17.8 Å². The Kier molecular flexibility index (Phi) is 3.02. The Morgan fingerprint density at radius 3 is 2.81 bits per heavy atom. The van der Waals surface area contributed by atoms with Gasteiger partial charge in [0.15, 0.2) is 0 Å². The van der Waals surface area contributed by atoms with Gasteiger partial charge in [-0.15, -0.1) is 0 Å². The first-order chi connectivity index (χ1) is 7.76. The molecular weight excluding hydrogens is 204 g/mol. The van der Waals surface area contributed by atoms with Crippen LogP contribution in [0.15, 0.2) is 24.7 Å². The Bertz CT molecular complexity index is 457. The SMILES string of the molecule is CCn1cc(C(NN)c2ccnn2C)cn1. The largest absolute Gasteiger partial charge is 0.273 e. The van der Waals surface area contributed by atoms with E-state index in [-0.39, 0.29) is 6.04 Å². The molecule has 2 rings (SSSR count). The minimum atomic E-state index is -0.0761. The Balaban J connectivity index is 2.32. The lowest BCUT2D eigenvalue weighted by molar-refractivity contribution is 0.573. The van der Waals surface area contributed by atoms with E-state index in [4.69, 9.17) is 5.84 Å². The first-order valence-electron chi connectivity index (χ1n) is 5.22. The van der Waals surface area contributed by atoms with Gasteiger partial charge in [-0.05, 0) is 13.0 Å². The lowest BCUT2D eigenvalue weighted by Gasteiger charge is -2.14. The molecule has 0 spiro atoms. The summed E-state index contributed by atoms with van der Waals surface area (Å²) < 4.78 is 3.67. The maximum atomic E-state index is 5.59. The van der Waals surface area contributed by atoms with Crippen LogP contribution in [0.3, 0.4) is 0 Å². The predicted octanol–water partition coefficient (Wildman–Crippen LogP) is 0.189. The molecule has 0 aliphatic rings. The number of aromatic nitrogens is 4. The number of rotatable bonds is 4. The number of hydrazine groups is 1. The summed E-state index contributed by atoms with van der Waals surface area (Å²) in [6.45, 7) is 2.90. The zero-order valence-corrected chi connectivity index (χ0v) is 9.46. The third kappa shape index (κ3) is 1.84. The molecule has 0 aromatic carbocycles. The van der Waals surface area contributed by atoms with Gasteiger partial charge in [0.1, 0.15) is 0 Å². The summed E-state index contributed by atoms with van der Waals surface area (Å²) in [5, 5.41) is 8.37. The predicted molar refractivity (Wildman–Crippen MR) is 60.3 cm³/mol. The van der Waals surface area contributed by atoms with Crippen LogP contribution in [-0.4, -0.2) is 19.6 Å². The lowest BCUT2D eigenvalue weighted by Crippen LogP contribution is -2.30. The van der Waals surface area contributed by atoms with Crippen LogP contribution in [0.4, 0.5) is 0 Å². The van der Waals surface area contributed by atoms with Crippen molar-refractivity contribution in [1.82, 2.24) is 25.0 Å². The highest BCUT2D eigenvalue weighted by Gasteiger charge is 2.17. The molecule has 0 amide bonds. The van der Waals surface area contributed by atoms with E-state index >= 15 is 0 Å². The number of hydrogen-bond acceptors (Lipinski definition) is 4. The highest BCUT2D eigenvalue weighted by molar-refractivity contribution is 5.22. The molecule has 6 heteroatoms. The second-order valence-electron chi connectivity index (χ2n) is 3.61. The molecule has 0 bridgehead atoms. The van der Waals surface area contributed by atoms with Crippen molar-refractivity contribution in [3.63, 3.8) is 0 Å². The summed E-state index contributed by atoms with van der Waals surface area (Å²) in [4.78, 5) is 0. The van der Waals surface area contributed by atoms with Gasteiger partial charge in [0.2, 0.25) is 0 Å². The Morgan fingerprint density at radius 1 is 1.50 bits per heavy atom. The van der Waals surface area contributed by atoms with Crippen molar-refractivity contribution in [3.8, 4) is 0 Å². The molecule has 2 heterocycles. The molecule has 0 saturated heterocycles. The zero-order chi connectivity index (χ0) is 11.5. The highest BCUT2D eigenvalue weighted by atomic mass is 15.3. The maximum absolute atomic E-state index is 5.59. The summed E-state index contributed by atoms with van der Waals surface area (Å²) in [7, 11) is 1.89. The third-order valence-electron chi connectivity index (χ3n) is 2.63. The van der Waals surface area contributed by atoms with Crippen molar-refractivity contribution in [3.05, 3.63) is 35.9 Å². The van der Waals surface area contributed by atoms with Gasteiger partial charge in [-0.3, -0.25) is 15.2 Å². The number of nitrogens with zero attached hydrogens (tertiary/aromatic N) is 4. The van der Waals surface area contributed by atoms with Crippen LogP contribution in [-0.2, 0) is 13.6 Å². The van der Waals surface area contributed by atoms with E-state index in [1.54, 1.807) is 10.9 Å². The van der Waals surface area contributed by atoms with Crippen LogP contribution in [0, 0.1) is 0 Å². The topological polar surface area (TPSA) is 73.7 Å². The molecule has 0 aliphatic heterocycles. The van der Waals surface area contributed by atoms with E-state index in [9.17, 15) is 0 Å². The molecule has 86 valence electrons. The summed E-state index contributed by atoms with van der Waals surface area (Å²) >= 11 is 0. The molecule has 0 aliphatic carbocycles. The van der Waals surface area contributed by atoms with Crippen LogP contribution in [0.5, 0.6) is 0 Å². The van der Waals surface area contributed by atoms with Crippen molar-refractivity contribution >= 4 is 0 Å². The molecule has 3 N–H and O–H groups in total. The van der Waals surface area contributed by atoms with Gasteiger partial charge in [-0.1, -0.05) is 0 Å². The van der Waals surface area contributed by atoms with Crippen molar-refractivity contribution in [2.24, 2.45) is 12.9 Å². The molecule has 16 heavy (non-hydrogen) atoms. The fourth-order valence-corrected chi connectivity index (χ4v) is 1.72. The average Bonchev–Trinajstić information content (AvgIpc) is 2.90. The van der Waals surface area contributed by atoms with Crippen molar-refractivity contribution in [1.29, 1.82) is 0 Å². The van der Waals surface area contributed by atoms with E-state index in [1.807, 2.05) is 37.1 Å². The normalized spacial score (nSPS) is 12.9. The highest BCUT2D eigenvalue weighted by Crippen LogP contribution is 2.19. The number of aryl methyl sites for hydroxylation is 2. The Labute approximate surface area is 94.0 Å². The number of nitrogens with two attached hydrogens (primary N) is 1. The standard InChI is InChI=1S/C10H16N6/c1-3-16-7-8(6-13-16)10(14-11)9-4-5-12-15(9)2/h4-7,10,14H,3,11H2,1-2H3. The monoisotopic (exact) mass is 220 g/mol. The summed E-state index contributed by atoms with van der Waals surface area (Å²) in [6, 6.07) is 1.86. The molecule has 0 fully saturated rings. The van der Waals surface area contributed by atoms with Gasteiger partial charge < -0.3 is 0 Å². The first-order valence-corrected chi connectivity index (χ1v) is 5.22. The molecule has 1 unspecified atom stereocenters. The molecule has 1 atom stereocenters. The van der Waals surface area contributed by atoms with Crippen LogP contribution in [0.1, 0.15) is 24.2 Å². The van der Waals surface area contributed by atoms with Crippen molar-refractivity contribution in [2.45, 2.75) is 19.5 Å². The van der Waals surface area contributed by atoms with E-state index in [2.05, 4.69) is 15.6 Å². The number of nitrogens with one attached hydrogen (secondary N) is 1. The van der Waals surface area contributed by atoms with Gasteiger partial charge in [0.05, 0.1) is 17.9 Å². The van der Waals surface area contributed by atoms with Crippen LogP contribution in [0.2, 0.25) is 0 Å². The summed E-state index contributed by atoms with van der Waals surface area (Å²) in [5.74, 6) is 5.59. The second-order valence-corrected chi connectivity index (χ2v) is 3.61. The van der Waals surface area contributed by atoms with Crippen molar-refractivity contribution in [2.75, 3.05) is 0 Å². The van der Waals surface area contributed by atoms with Crippen molar-refractivity contribution < 1.29 is 0 Å². The van der Waals surface area contributed by atoms with E-state index < -0.39 is 0 Å². The molecule has 6 nitrogen and oxygen atoms in total. The smallest absolute Gasteiger partial charge is 0.0908 e. The van der Waals surface area contributed by atoms with Gasteiger partial charge in [0.25, 0.3) is 0 Å². The van der Waals surface area contributed by atoms with Crippen LogP contribution < -0.4 is 11.3 Å². The Morgan fingerprint density at radius 2 is 2.31 bits per heavy atom. The minimum absolute atomic E-state index is 0.0761. The van der Waals surface area contributed by atoms with Gasteiger partial charge in [0, 0.05) is 31.5 Å². The van der Waals surface area contributed by atoms with E-state index in [0.29, 0.717) is 0 Å². The fourth-order valence-electron chi connectivity index (χ4n) is 1.72. The maximum Gasteiger partial charge on any atom is 0.0908 e. The van der Waals surface area contributed by atoms with Gasteiger partial charge in [-0.25, -0.2) is 5.43 Å². The second kappa shape index (κ2) is 4.46. The molecule has 2 aromatic rings. The molecule has 0 radical (unpaired) electrons. The van der Waals surface area contributed by atoms with E-state index in [1.165, 1.54) is 0 Å². The molecule has 2 aromatic heterocycles. The average molecular weight is 220 g/mol. The van der Waals surface area contributed by atoms with Crippen LogP contribution >= 0.6 is 0 Å². The van der Waals surface area contributed by atoms with Crippen LogP contribution in [0.25, 0.3) is 0 Å². The Hall–Kier alpha value is -1.66. The minimum Gasteiger partial charge on any atom is -0.273 e. The number of hydrogen-bond donors (Lipinski definition) is 2. The quantitative estimate of drug-likeness (QED) is 0.570. The molecule has 0 saturated carbocycles. The van der Waals surface area contributed by atoms with Gasteiger partial charge >= 0.3 is 0 Å². The lowest BCUT2D eigenvalue weighted by atomic mass is 10.1. The fraction of sp³-hybridized carbons (Fsp3) is 0.400. The third-order valence-corrected chi connectivity index (χ3v) is 2.63. The first kappa shape index (κ1) is 10.8. The van der Waals surface area contributed by atoms with Gasteiger partial charge in [-0.2, -0.15) is 10.2 Å². The molecular formula is C10H16N6.